The largest absolute Gasteiger partial charge is 0.334 e. The topological polar surface area (TPSA) is 108 Å². The van der Waals surface area contributed by atoms with Gasteiger partial charge in [-0.05, 0) is 37.8 Å². The molecule has 3 rings (SSSR count). The fourth-order valence-corrected chi connectivity index (χ4v) is 2.32. The first kappa shape index (κ1) is 12.7. The van der Waals surface area contributed by atoms with Gasteiger partial charge in [-0.3, -0.25) is 10.1 Å². The molecule has 1 saturated carbocycles. The molecule has 1 heterocycles. The summed E-state index contributed by atoms with van der Waals surface area (Å²) >= 11 is 0. The standard InChI is InChI=1S/C13H14N4O3/c1-8-5-9(7-10(6-8)17(18)19)11-15-12(16-20-11)13(14)3-2-4-13/h5-7H,2-4,14H2,1H3. The van der Waals surface area contributed by atoms with Crippen LogP contribution in [-0.2, 0) is 5.54 Å². The lowest BCUT2D eigenvalue weighted by Crippen LogP contribution is -2.44. The molecule has 104 valence electrons. The van der Waals surface area contributed by atoms with Gasteiger partial charge in [-0.1, -0.05) is 5.16 Å². The Bertz CT molecular complexity index is 676. The second kappa shape index (κ2) is 4.38. The van der Waals surface area contributed by atoms with Crippen molar-refractivity contribution >= 4 is 5.69 Å². The number of aromatic nitrogens is 2. The van der Waals surface area contributed by atoms with E-state index in [1.165, 1.54) is 12.1 Å². The molecule has 1 aliphatic carbocycles. The second-order valence-electron chi connectivity index (χ2n) is 5.25. The molecule has 2 aromatic rings. The lowest BCUT2D eigenvalue weighted by atomic mass is 9.77. The Labute approximate surface area is 114 Å². The Balaban J connectivity index is 1.99. The normalized spacial score (nSPS) is 16.7. The zero-order chi connectivity index (χ0) is 14.3. The minimum Gasteiger partial charge on any atom is -0.334 e. The molecule has 1 aromatic carbocycles. The van der Waals surface area contributed by atoms with E-state index >= 15 is 0 Å². The Kier molecular flexibility index (Phi) is 2.79. The molecule has 0 saturated heterocycles. The molecule has 1 aromatic heterocycles. The Morgan fingerprint density at radius 1 is 1.40 bits per heavy atom. The van der Waals surface area contributed by atoms with Crippen LogP contribution >= 0.6 is 0 Å². The Hall–Kier alpha value is -2.28. The van der Waals surface area contributed by atoms with Crippen molar-refractivity contribution in [3.63, 3.8) is 0 Å². The molecule has 0 spiro atoms. The van der Waals surface area contributed by atoms with Crippen LogP contribution in [-0.4, -0.2) is 15.1 Å². The van der Waals surface area contributed by atoms with E-state index in [0.29, 0.717) is 11.4 Å². The number of nitro groups is 1. The first-order valence-corrected chi connectivity index (χ1v) is 6.37. The number of rotatable bonds is 3. The van der Waals surface area contributed by atoms with Gasteiger partial charge in [0, 0.05) is 17.7 Å². The number of nitro benzene ring substituents is 1. The zero-order valence-corrected chi connectivity index (χ0v) is 11.0. The van der Waals surface area contributed by atoms with Gasteiger partial charge in [-0.15, -0.1) is 0 Å². The van der Waals surface area contributed by atoms with Gasteiger partial charge in [0.05, 0.1) is 10.5 Å². The highest BCUT2D eigenvalue weighted by molar-refractivity contribution is 5.59. The molecule has 20 heavy (non-hydrogen) atoms. The molecule has 1 aliphatic rings. The van der Waals surface area contributed by atoms with Gasteiger partial charge >= 0.3 is 0 Å². The number of hydrogen-bond acceptors (Lipinski definition) is 6. The van der Waals surface area contributed by atoms with Crippen molar-refractivity contribution in [3.8, 4) is 11.5 Å². The van der Waals surface area contributed by atoms with Gasteiger partial charge in [-0.25, -0.2) is 0 Å². The average molecular weight is 274 g/mol. The van der Waals surface area contributed by atoms with Crippen molar-refractivity contribution in [3.05, 3.63) is 39.7 Å². The molecular weight excluding hydrogens is 260 g/mol. The van der Waals surface area contributed by atoms with Crippen LogP contribution in [0.1, 0.15) is 30.7 Å². The summed E-state index contributed by atoms with van der Waals surface area (Å²) in [7, 11) is 0. The molecule has 7 heteroatoms. The van der Waals surface area contributed by atoms with E-state index in [1.807, 2.05) is 0 Å². The summed E-state index contributed by atoms with van der Waals surface area (Å²) in [4.78, 5) is 14.7. The molecule has 0 bridgehead atoms. The summed E-state index contributed by atoms with van der Waals surface area (Å²) in [6.45, 7) is 1.78. The fraction of sp³-hybridized carbons (Fsp3) is 0.385. The number of aryl methyl sites for hydroxylation is 1. The maximum Gasteiger partial charge on any atom is 0.270 e. The molecule has 7 nitrogen and oxygen atoms in total. The Morgan fingerprint density at radius 2 is 2.15 bits per heavy atom. The summed E-state index contributed by atoms with van der Waals surface area (Å²) in [6, 6.07) is 4.69. The number of nitrogens with two attached hydrogens (primary N) is 1. The summed E-state index contributed by atoms with van der Waals surface area (Å²) in [6.07, 6.45) is 2.72. The van der Waals surface area contributed by atoms with Gasteiger partial charge in [0.25, 0.3) is 11.6 Å². The minimum absolute atomic E-state index is 0.00542. The van der Waals surface area contributed by atoms with Crippen molar-refractivity contribution in [2.24, 2.45) is 5.73 Å². The first-order chi connectivity index (χ1) is 9.48. The van der Waals surface area contributed by atoms with E-state index in [1.54, 1.807) is 13.0 Å². The smallest absolute Gasteiger partial charge is 0.270 e. The van der Waals surface area contributed by atoms with Crippen LogP contribution < -0.4 is 5.73 Å². The first-order valence-electron chi connectivity index (χ1n) is 6.37. The third kappa shape index (κ3) is 2.05. The van der Waals surface area contributed by atoms with Crippen LogP contribution in [0.5, 0.6) is 0 Å². The number of hydrogen-bond donors (Lipinski definition) is 1. The van der Waals surface area contributed by atoms with Gasteiger partial charge in [0.1, 0.15) is 0 Å². The van der Waals surface area contributed by atoms with Crippen molar-refractivity contribution in [2.75, 3.05) is 0 Å². The van der Waals surface area contributed by atoms with Crippen molar-refractivity contribution in [1.29, 1.82) is 0 Å². The van der Waals surface area contributed by atoms with Crippen LogP contribution in [0.2, 0.25) is 0 Å². The lowest BCUT2D eigenvalue weighted by molar-refractivity contribution is -0.384. The molecular formula is C13H14N4O3. The zero-order valence-electron chi connectivity index (χ0n) is 11.0. The molecule has 0 aliphatic heterocycles. The summed E-state index contributed by atoms with van der Waals surface area (Å²) in [5.74, 6) is 0.742. The number of nitrogens with zero attached hydrogens (tertiary/aromatic N) is 3. The molecule has 0 amide bonds. The monoisotopic (exact) mass is 274 g/mol. The van der Waals surface area contributed by atoms with E-state index < -0.39 is 10.5 Å². The molecule has 1 fully saturated rings. The van der Waals surface area contributed by atoms with Crippen molar-refractivity contribution in [2.45, 2.75) is 31.7 Å². The molecule has 0 radical (unpaired) electrons. The number of benzene rings is 1. The predicted molar refractivity (Wildman–Crippen MR) is 70.8 cm³/mol. The van der Waals surface area contributed by atoms with Gasteiger partial charge in [0.15, 0.2) is 5.82 Å². The van der Waals surface area contributed by atoms with E-state index in [4.69, 9.17) is 10.3 Å². The minimum atomic E-state index is -0.502. The molecule has 0 atom stereocenters. The second-order valence-corrected chi connectivity index (χ2v) is 5.25. The van der Waals surface area contributed by atoms with E-state index in [2.05, 4.69) is 10.1 Å². The van der Waals surface area contributed by atoms with Crippen LogP contribution in [0.15, 0.2) is 22.7 Å². The Morgan fingerprint density at radius 3 is 2.75 bits per heavy atom. The third-order valence-electron chi connectivity index (χ3n) is 3.64. The van der Waals surface area contributed by atoms with Gasteiger partial charge in [-0.2, -0.15) is 4.98 Å². The lowest BCUT2D eigenvalue weighted by Gasteiger charge is -2.34. The highest BCUT2D eigenvalue weighted by atomic mass is 16.6. The van der Waals surface area contributed by atoms with Gasteiger partial charge < -0.3 is 10.3 Å². The third-order valence-corrected chi connectivity index (χ3v) is 3.64. The maximum absolute atomic E-state index is 10.9. The van der Waals surface area contributed by atoms with Crippen LogP contribution in [0.4, 0.5) is 5.69 Å². The van der Waals surface area contributed by atoms with Crippen LogP contribution in [0, 0.1) is 17.0 Å². The quantitative estimate of drug-likeness (QED) is 0.679. The van der Waals surface area contributed by atoms with E-state index in [-0.39, 0.29) is 11.6 Å². The van der Waals surface area contributed by atoms with Crippen LogP contribution in [0.25, 0.3) is 11.5 Å². The maximum atomic E-state index is 10.9. The molecule has 0 unspecified atom stereocenters. The average Bonchev–Trinajstić information content (AvgIpc) is 2.85. The van der Waals surface area contributed by atoms with E-state index in [9.17, 15) is 10.1 Å². The van der Waals surface area contributed by atoms with Crippen molar-refractivity contribution < 1.29 is 9.45 Å². The summed E-state index contributed by atoms with van der Waals surface area (Å²) in [5, 5.41) is 14.8. The summed E-state index contributed by atoms with van der Waals surface area (Å²) in [5.41, 5.74) is 6.94. The highest BCUT2D eigenvalue weighted by Crippen LogP contribution is 2.37. The van der Waals surface area contributed by atoms with Crippen LogP contribution in [0.3, 0.4) is 0 Å². The summed E-state index contributed by atoms with van der Waals surface area (Å²) < 4.78 is 5.20. The SMILES string of the molecule is Cc1cc(-c2nc(C3(N)CCC3)no2)cc([N+](=O)[O-])c1. The predicted octanol–water partition coefficient (Wildman–Crippen LogP) is 2.29. The van der Waals surface area contributed by atoms with E-state index in [0.717, 1.165) is 24.8 Å². The highest BCUT2D eigenvalue weighted by Gasteiger charge is 2.39. The number of non-ortho nitro benzene ring substituents is 1. The van der Waals surface area contributed by atoms with Crippen molar-refractivity contribution in [1.82, 2.24) is 10.1 Å². The fourth-order valence-electron chi connectivity index (χ4n) is 2.32. The molecule has 2 N–H and O–H groups in total. The van der Waals surface area contributed by atoms with Gasteiger partial charge in [0.2, 0.25) is 0 Å².